The van der Waals surface area contributed by atoms with Gasteiger partial charge in [-0.2, -0.15) is 0 Å². The number of carbonyl (C=O) groups is 3. The minimum atomic E-state index is -1.31. The number of halogens is 2. The van der Waals surface area contributed by atoms with E-state index in [-0.39, 0.29) is 43.7 Å². The monoisotopic (exact) mass is 422 g/mol. The zero-order valence-corrected chi connectivity index (χ0v) is 16.7. The Labute approximate surface area is 172 Å². The smallest absolute Gasteiger partial charge is 0.408 e. The van der Waals surface area contributed by atoms with E-state index < -0.39 is 40.7 Å². The van der Waals surface area contributed by atoms with Gasteiger partial charge in [-0.3, -0.25) is 14.5 Å². The SMILES string of the molecule is CCOC(=O)CN1C(=O)C2(CCCC2)N(C(=O)O)CC12CCc1c(F)cc(F)cc12. The molecule has 1 aromatic rings. The van der Waals surface area contributed by atoms with Gasteiger partial charge in [0.2, 0.25) is 5.91 Å². The highest BCUT2D eigenvalue weighted by Crippen LogP contribution is 2.51. The molecule has 1 unspecified atom stereocenters. The average molecular weight is 422 g/mol. The van der Waals surface area contributed by atoms with Crippen LogP contribution >= 0.6 is 0 Å². The maximum absolute atomic E-state index is 14.5. The number of hydrogen-bond donors (Lipinski definition) is 1. The maximum atomic E-state index is 14.5. The number of rotatable bonds is 3. The highest BCUT2D eigenvalue weighted by atomic mass is 19.1. The van der Waals surface area contributed by atoms with Gasteiger partial charge in [0.25, 0.3) is 0 Å². The van der Waals surface area contributed by atoms with Crippen LogP contribution in [-0.2, 0) is 26.3 Å². The zero-order chi connectivity index (χ0) is 21.7. The minimum Gasteiger partial charge on any atom is -0.465 e. The predicted molar refractivity (Wildman–Crippen MR) is 101 cm³/mol. The molecule has 9 heteroatoms. The second-order valence-corrected chi connectivity index (χ2v) is 8.25. The lowest BCUT2D eigenvalue weighted by Gasteiger charge is -2.55. The molecule has 162 valence electrons. The molecule has 1 heterocycles. The van der Waals surface area contributed by atoms with E-state index in [9.17, 15) is 28.3 Å². The zero-order valence-electron chi connectivity index (χ0n) is 16.7. The number of amides is 2. The maximum Gasteiger partial charge on any atom is 0.408 e. The number of ether oxygens (including phenoxy) is 1. The molecule has 1 N–H and O–H groups in total. The van der Waals surface area contributed by atoms with Gasteiger partial charge in [0.1, 0.15) is 23.7 Å². The number of fused-ring (bicyclic) bond motifs is 2. The van der Waals surface area contributed by atoms with Crippen LogP contribution in [0.15, 0.2) is 12.1 Å². The van der Waals surface area contributed by atoms with Crippen molar-refractivity contribution in [1.82, 2.24) is 9.80 Å². The second-order valence-electron chi connectivity index (χ2n) is 8.25. The van der Waals surface area contributed by atoms with Crippen LogP contribution in [0.25, 0.3) is 0 Å². The molecule has 1 saturated carbocycles. The fraction of sp³-hybridized carbons (Fsp3) is 0.571. The van der Waals surface area contributed by atoms with E-state index in [2.05, 4.69) is 0 Å². The number of nitrogens with zero attached hydrogens (tertiary/aromatic N) is 2. The molecular weight excluding hydrogens is 398 g/mol. The van der Waals surface area contributed by atoms with Crippen molar-refractivity contribution < 1.29 is 33.0 Å². The molecule has 1 aromatic carbocycles. The van der Waals surface area contributed by atoms with Gasteiger partial charge in [-0.05, 0) is 49.8 Å². The lowest BCUT2D eigenvalue weighted by molar-refractivity contribution is -0.170. The van der Waals surface area contributed by atoms with Crippen molar-refractivity contribution in [2.75, 3.05) is 19.7 Å². The lowest BCUT2D eigenvalue weighted by atomic mass is 9.79. The Morgan fingerprint density at radius 2 is 1.87 bits per heavy atom. The van der Waals surface area contributed by atoms with Crippen molar-refractivity contribution >= 4 is 18.0 Å². The third kappa shape index (κ3) is 2.86. The molecule has 30 heavy (non-hydrogen) atoms. The van der Waals surface area contributed by atoms with Crippen LogP contribution < -0.4 is 0 Å². The first-order chi connectivity index (χ1) is 14.2. The summed E-state index contributed by atoms with van der Waals surface area (Å²) in [6.07, 6.45) is 1.27. The van der Waals surface area contributed by atoms with Crippen LogP contribution in [0.4, 0.5) is 13.6 Å². The van der Waals surface area contributed by atoms with Crippen LogP contribution in [0.5, 0.6) is 0 Å². The third-order valence-electron chi connectivity index (χ3n) is 6.80. The van der Waals surface area contributed by atoms with Gasteiger partial charge in [-0.1, -0.05) is 12.8 Å². The van der Waals surface area contributed by atoms with E-state index in [0.717, 1.165) is 17.0 Å². The van der Waals surface area contributed by atoms with E-state index in [1.54, 1.807) is 6.92 Å². The van der Waals surface area contributed by atoms with E-state index in [4.69, 9.17) is 4.74 Å². The fourth-order valence-electron chi connectivity index (χ4n) is 5.50. The van der Waals surface area contributed by atoms with Gasteiger partial charge < -0.3 is 14.7 Å². The summed E-state index contributed by atoms with van der Waals surface area (Å²) in [4.78, 5) is 40.8. The summed E-state index contributed by atoms with van der Waals surface area (Å²) in [7, 11) is 0. The molecule has 0 bridgehead atoms. The topological polar surface area (TPSA) is 87.2 Å². The summed E-state index contributed by atoms with van der Waals surface area (Å²) in [5.41, 5.74) is -2.07. The number of esters is 1. The van der Waals surface area contributed by atoms with Gasteiger partial charge >= 0.3 is 12.1 Å². The molecule has 1 saturated heterocycles. The Balaban J connectivity index is 1.87. The van der Waals surface area contributed by atoms with Crippen molar-refractivity contribution in [2.45, 2.75) is 56.5 Å². The van der Waals surface area contributed by atoms with E-state index in [1.165, 1.54) is 4.90 Å². The molecule has 1 aliphatic heterocycles. The second kappa shape index (κ2) is 7.21. The summed E-state index contributed by atoms with van der Waals surface area (Å²) in [6, 6.07) is 1.94. The Kier molecular flexibility index (Phi) is 4.94. The van der Waals surface area contributed by atoms with Crippen molar-refractivity contribution in [3.05, 3.63) is 34.9 Å². The van der Waals surface area contributed by atoms with E-state index in [0.29, 0.717) is 25.7 Å². The van der Waals surface area contributed by atoms with Crippen LogP contribution in [-0.4, -0.2) is 58.1 Å². The Hall–Kier alpha value is -2.71. The van der Waals surface area contributed by atoms with Gasteiger partial charge in [-0.15, -0.1) is 0 Å². The highest BCUT2D eigenvalue weighted by Gasteiger charge is 2.62. The van der Waals surface area contributed by atoms with Crippen LogP contribution in [0.2, 0.25) is 0 Å². The van der Waals surface area contributed by atoms with Crippen molar-refractivity contribution in [1.29, 1.82) is 0 Å². The molecule has 7 nitrogen and oxygen atoms in total. The van der Waals surface area contributed by atoms with Crippen molar-refractivity contribution in [2.24, 2.45) is 0 Å². The molecule has 1 atom stereocenters. The van der Waals surface area contributed by atoms with Crippen molar-refractivity contribution in [3.63, 3.8) is 0 Å². The Morgan fingerprint density at radius 1 is 1.17 bits per heavy atom. The molecule has 2 fully saturated rings. The molecule has 0 aromatic heterocycles. The largest absolute Gasteiger partial charge is 0.465 e. The molecule has 4 rings (SSSR count). The molecule has 2 aliphatic carbocycles. The summed E-state index contributed by atoms with van der Waals surface area (Å²) >= 11 is 0. The summed E-state index contributed by atoms with van der Waals surface area (Å²) < 4.78 is 33.7. The first-order valence-corrected chi connectivity index (χ1v) is 10.2. The minimum absolute atomic E-state index is 0.125. The van der Waals surface area contributed by atoms with Crippen LogP contribution in [0.3, 0.4) is 0 Å². The quantitative estimate of drug-likeness (QED) is 0.757. The lowest BCUT2D eigenvalue weighted by Crippen LogP contribution is -2.73. The number of hydrogen-bond acceptors (Lipinski definition) is 4. The number of benzene rings is 1. The van der Waals surface area contributed by atoms with E-state index >= 15 is 0 Å². The van der Waals surface area contributed by atoms with Crippen LogP contribution in [0, 0.1) is 11.6 Å². The normalized spacial score (nSPS) is 24.6. The standard InChI is InChI=1S/C21H24F2N2O5/c1-2-30-17(26)11-24-18(27)20(6-3-4-7-20)25(19(28)29)12-21(24)8-5-14-15(21)9-13(22)10-16(14)23/h9-10H,2-8,11-12H2,1H3,(H,28,29). The molecule has 0 radical (unpaired) electrons. The molecular formula is C21H24F2N2O5. The molecule has 2 amide bonds. The van der Waals surface area contributed by atoms with Crippen LogP contribution in [0.1, 0.15) is 50.2 Å². The predicted octanol–water partition coefficient (Wildman–Crippen LogP) is 2.80. The van der Waals surface area contributed by atoms with Gasteiger partial charge in [0, 0.05) is 6.07 Å². The summed E-state index contributed by atoms with van der Waals surface area (Å²) in [5.74, 6) is -2.65. The van der Waals surface area contributed by atoms with E-state index in [1.807, 2.05) is 0 Å². The summed E-state index contributed by atoms with van der Waals surface area (Å²) in [6.45, 7) is 1.24. The number of carboxylic acid groups (broad SMARTS) is 1. The number of piperazine rings is 1. The third-order valence-corrected chi connectivity index (χ3v) is 6.80. The van der Waals surface area contributed by atoms with Gasteiger partial charge in [0.05, 0.1) is 18.7 Å². The van der Waals surface area contributed by atoms with Gasteiger partial charge in [0.15, 0.2) is 0 Å². The van der Waals surface area contributed by atoms with Gasteiger partial charge in [-0.25, -0.2) is 13.6 Å². The average Bonchev–Trinajstić information content (AvgIpc) is 3.29. The highest BCUT2D eigenvalue weighted by molar-refractivity contribution is 5.94. The first kappa shape index (κ1) is 20.6. The molecule has 3 aliphatic rings. The van der Waals surface area contributed by atoms with Crippen molar-refractivity contribution in [3.8, 4) is 0 Å². The summed E-state index contributed by atoms with van der Waals surface area (Å²) in [5, 5.41) is 9.95. The molecule has 2 spiro atoms. The fourth-order valence-corrected chi connectivity index (χ4v) is 5.50. The first-order valence-electron chi connectivity index (χ1n) is 10.2. The number of carbonyl (C=O) groups excluding carboxylic acids is 2. The Bertz CT molecular complexity index is 915. The Morgan fingerprint density at radius 3 is 2.50 bits per heavy atom.